The molecule has 0 fully saturated rings. The van der Waals surface area contributed by atoms with Crippen molar-refractivity contribution in [1.29, 1.82) is 5.26 Å². The van der Waals surface area contributed by atoms with Gasteiger partial charge in [0.1, 0.15) is 11.1 Å². The SMILES string of the molecule is N#CC(=Cc1ccc(Br)cc1)c1nc(=O)c2ccccc2s1. The van der Waals surface area contributed by atoms with Gasteiger partial charge in [-0.25, -0.2) is 0 Å². The monoisotopic (exact) mass is 368 g/mol. The molecular weight excluding hydrogens is 360 g/mol. The number of nitrogens with zero attached hydrogens (tertiary/aromatic N) is 2. The van der Waals surface area contributed by atoms with Crippen molar-refractivity contribution in [1.82, 2.24) is 4.98 Å². The highest BCUT2D eigenvalue weighted by atomic mass is 79.9. The van der Waals surface area contributed by atoms with Crippen molar-refractivity contribution < 1.29 is 0 Å². The highest BCUT2D eigenvalue weighted by Crippen LogP contribution is 2.24. The van der Waals surface area contributed by atoms with Gasteiger partial charge < -0.3 is 0 Å². The van der Waals surface area contributed by atoms with E-state index in [1.165, 1.54) is 11.3 Å². The fourth-order valence-corrected chi connectivity index (χ4v) is 3.22. The van der Waals surface area contributed by atoms with Crippen molar-refractivity contribution in [3.63, 3.8) is 0 Å². The molecule has 0 aliphatic rings. The normalized spacial score (nSPS) is 11.4. The van der Waals surface area contributed by atoms with Crippen LogP contribution in [-0.4, -0.2) is 4.98 Å². The van der Waals surface area contributed by atoms with Crippen LogP contribution in [0.25, 0.3) is 21.7 Å². The molecule has 22 heavy (non-hydrogen) atoms. The molecule has 0 N–H and O–H groups in total. The molecule has 2 aromatic carbocycles. The van der Waals surface area contributed by atoms with Crippen LogP contribution in [0.2, 0.25) is 0 Å². The van der Waals surface area contributed by atoms with Crippen molar-refractivity contribution in [3.05, 3.63) is 73.9 Å². The number of halogens is 1. The number of rotatable bonds is 2. The van der Waals surface area contributed by atoms with E-state index in [1.54, 1.807) is 18.2 Å². The molecule has 106 valence electrons. The summed E-state index contributed by atoms with van der Waals surface area (Å²) in [4.78, 5) is 16.1. The molecule has 0 radical (unpaired) electrons. The van der Waals surface area contributed by atoms with Crippen LogP contribution in [0.1, 0.15) is 10.6 Å². The standard InChI is InChI=1S/C17H9BrN2OS/c18-13-7-5-11(6-8-13)9-12(10-19)17-20-16(21)14-3-1-2-4-15(14)22-17/h1-9H. The highest BCUT2D eigenvalue weighted by Gasteiger charge is 2.08. The molecule has 0 atom stereocenters. The second-order valence-electron chi connectivity index (χ2n) is 4.54. The average Bonchev–Trinajstić information content (AvgIpc) is 2.54. The molecule has 3 rings (SSSR count). The Labute approximate surface area is 139 Å². The van der Waals surface area contributed by atoms with Crippen molar-refractivity contribution in [3.8, 4) is 6.07 Å². The van der Waals surface area contributed by atoms with E-state index in [1.807, 2.05) is 36.4 Å². The van der Waals surface area contributed by atoms with Crippen molar-refractivity contribution in [2.24, 2.45) is 0 Å². The van der Waals surface area contributed by atoms with Gasteiger partial charge in [-0.05, 0) is 35.9 Å². The summed E-state index contributed by atoms with van der Waals surface area (Å²) in [7, 11) is 0. The minimum atomic E-state index is -0.304. The minimum Gasteiger partial charge on any atom is -0.267 e. The van der Waals surface area contributed by atoms with E-state index < -0.39 is 0 Å². The predicted octanol–water partition coefficient (Wildman–Crippen LogP) is 4.48. The fourth-order valence-electron chi connectivity index (χ4n) is 1.99. The minimum absolute atomic E-state index is 0.304. The van der Waals surface area contributed by atoms with Crippen molar-refractivity contribution in [2.75, 3.05) is 0 Å². The molecule has 0 spiro atoms. The van der Waals surface area contributed by atoms with Gasteiger partial charge in [0.05, 0.1) is 11.0 Å². The van der Waals surface area contributed by atoms with Gasteiger partial charge in [-0.3, -0.25) is 4.79 Å². The topological polar surface area (TPSA) is 53.8 Å². The van der Waals surface area contributed by atoms with E-state index in [4.69, 9.17) is 0 Å². The largest absolute Gasteiger partial charge is 0.279 e. The second-order valence-corrected chi connectivity index (χ2v) is 6.49. The van der Waals surface area contributed by atoms with Crippen LogP contribution in [0, 0.1) is 11.3 Å². The lowest BCUT2D eigenvalue weighted by Gasteiger charge is -2.01. The van der Waals surface area contributed by atoms with Crippen LogP contribution in [0.4, 0.5) is 0 Å². The quantitative estimate of drug-likeness (QED) is 0.626. The zero-order valence-electron chi connectivity index (χ0n) is 11.3. The number of hydrogen-bond donors (Lipinski definition) is 0. The van der Waals surface area contributed by atoms with E-state index in [2.05, 4.69) is 27.0 Å². The Hall–Kier alpha value is -2.29. The van der Waals surface area contributed by atoms with Gasteiger partial charge in [-0.2, -0.15) is 10.2 Å². The first-order valence-corrected chi connectivity index (χ1v) is 8.06. The summed E-state index contributed by atoms with van der Waals surface area (Å²) >= 11 is 4.72. The molecule has 0 saturated heterocycles. The maximum Gasteiger partial charge on any atom is 0.279 e. The molecule has 1 aromatic heterocycles. The first-order valence-electron chi connectivity index (χ1n) is 6.45. The molecule has 0 amide bonds. The van der Waals surface area contributed by atoms with E-state index in [0.717, 1.165) is 14.7 Å². The summed E-state index contributed by atoms with van der Waals surface area (Å²) < 4.78 is 1.80. The number of allylic oxidation sites excluding steroid dienone is 1. The molecule has 0 saturated carbocycles. The second kappa shape index (κ2) is 6.22. The van der Waals surface area contributed by atoms with Crippen LogP contribution in [0.3, 0.4) is 0 Å². The highest BCUT2D eigenvalue weighted by molar-refractivity contribution is 9.10. The first-order chi connectivity index (χ1) is 10.7. The van der Waals surface area contributed by atoms with Crippen LogP contribution >= 0.6 is 27.3 Å². The van der Waals surface area contributed by atoms with Gasteiger partial charge in [0.2, 0.25) is 0 Å². The van der Waals surface area contributed by atoms with Crippen LogP contribution in [-0.2, 0) is 0 Å². The Morgan fingerprint density at radius 2 is 1.91 bits per heavy atom. The molecular formula is C17H9BrN2OS. The molecule has 0 aliphatic heterocycles. The molecule has 3 nitrogen and oxygen atoms in total. The van der Waals surface area contributed by atoms with Crippen molar-refractivity contribution in [2.45, 2.75) is 0 Å². The Bertz CT molecular complexity index is 968. The third kappa shape index (κ3) is 2.98. The van der Waals surface area contributed by atoms with Gasteiger partial charge >= 0.3 is 0 Å². The van der Waals surface area contributed by atoms with E-state index in [-0.39, 0.29) is 5.56 Å². The maximum atomic E-state index is 12.1. The average molecular weight is 369 g/mol. The summed E-state index contributed by atoms with van der Waals surface area (Å²) in [6.45, 7) is 0. The molecule has 0 aliphatic carbocycles. The van der Waals surface area contributed by atoms with E-state index in [9.17, 15) is 10.1 Å². The van der Waals surface area contributed by atoms with E-state index in [0.29, 0.717) is 16.0 Å². The van der Waals surface area contributed by atoms with Crippen LogP contribution < -0.4 is 5.56 Å². The summed E-state index contributed by atoms with van der Waals surface area (Å²) in [5.74, 6) is 0. The molecule has 3 aromatic rings. The van der Waals surface area contributed by atoms with Gasteiger partial charge in [0.25, 0.3) is 5.56 Å². The van der Waals surface area contributed by atoms with Crippen LogP contribution in [0.15, 0.2) is 57.8 Å². The summed E-state index contributed by atoms with van der Waals surface area (Å²) in [5.41, 5.74) is 0.964. The number of nitriles is 1. The molecule has 1 heterocycles. The lowest BCUT2D eigenvalue weighted by molar-refractivity contribution is 1.28. The lowest BCUT2D eigenvalue weighted by atomic mass is 10.1. The van der Waals surface area contributed by atoms with Gasteiger partial charge in [-0.1, -0.05) is 40.2 Å². The fraction of sp³-hybridized carbons (Fsp3) is 0. The predicted molar refractivity (Wildman–Crippen MR) is 93.5 cm³/mol. The number of benzene rings is 2. The first kappa shape index (κ1) is 14.6. The van der Waals surface area contributed by atoms with Gasteiger partial charge in [0.15, 0.2) is 0 Å². The summed E-state index contributed by atoms with van der Waals surface area (Å²) in [6, 6.07) is 17.0. The smallest absolute Gasteiger partial charge is 0.267 e. The summed E-state index contributed by atoms with van der Waals surface area (Å²) in [6.07, 6.45) is 1.74. The zero-order chi connectivity index (χ0) is 15.5. The molecule has 5 heteroatoms. The Morgan fingerprint density at radius 1 is 1.18 bits per heavy atom. The van der Waals surface area contributed by atoms with Gasteiger partial charge in [0, 0.05) is 9.17 Å². The number of hydrogen-bond acceptors (Lipinski definition) is 4. The molecule has 0 bridgehead atoms. The summed E-state index contributed by atoms with van der Waals surface area (Å²) in [5, 5.41) is 10.4. The Morgan fingerprint density at radius 3 is 2.64 bits per heavy atom. The number of aromatic nitrogens is 1. The Kier molecular flexibility index (Phi) is 4.14. The van der Waals surface area contributed by atoms with Crippen molar-refractivity contribution >= 4 is 49.0 Å². The third-order valence-electron chi connectivity index (χ3n) is 3.06. The Balaban J connectivity index is 2.13. The zero-order valence-corrected chi connectivity index (χ0v) is 13.7. The van der Waals surface area contributed by atoms with Crippen LogP contribution in [0.5, 0.6) is 0 Å². The van der Waals surface area contributed by atoms with Gasteiger partial charge in [-0.15, -0.1) is 11.3 Å². The third-order valence-corrected chi connectivity index (χ3v) is 4.67. The number of fused-ring (bicyclic) bond motifs is 1. The maximum absolute atomic E-state index is 12.1. The molecule has 0 unspecified atom stereocenters. The lowest BCUT2D eigenvalue weighted by Crippen LogP contribution is -2.07. The van der Waals surface area contributed by atoms with E-state index >= 15 is 0 Å².